The highest BCUT2D eigenvalue weighted by atomic mass is 19.4. The number of rotatable bonds is 6. The van der Waals surface area contributed by atoms with Crippen LogP contribution in [-0.2, 0) is 6.18 Å². The lowest BCUT2D eigenvalue weighted by Crippen LogP contribution is -2.33. The van der Waals surface area contributed by atoms with E-state index < -0.39 is 11.7 Å². The standard InChI is InChI=1S/C21H25F3N4/c22-21(23,24)16-3-1-2-14(10-16)19-5-4-15(12-27-19)18-11-20(18)26-7-9-28-8-6-17(25)13-28/h1-5,10,12,17-18,20,26H,6-9,11,13,25H2/t17-,18?,20?/m1/s1. The molecule has 1 aliphatic carbocycles. The van der Waals surface area contributed by atoms with Gasteiger partial charge >= 0.3 is 6.18 Å². The van der Waals surface area contributed by atoms with Crippen molar-refractivity contribution in [1.29, 1.82) is 0 Å². The molecule has 1 aliphatic heterocycles. The molecule has 150 valence electrons. The lowest BCUT2D eigenvalue weighted by atomic mass is 10.1. The number of hydrogen-bond donors (Lipinski definition) is 2. The summed E-state index contributed by atoms with van der Waals surface area (Å²) in [5.41, 5.74) is 7.45. The van der Waals surface area contributed by atoms with Crippen molar-refractivity contribution < 1.29 is 13.2 Å². The summed E-state index contributed by atoms with van der Waals surface area (Å²) in [7, 11) is 0. The maximum atomic E-state index is 12.9. The van der Waals surface area contributed by atoms with Crippen LogP contribution < -0.4 is 11.1 Å². The molecule has 0 radical (unpaired) electrons. The van der Waals surface area contributed by atoms with Crippen LogP contribution >= 0.6 is 0 Å². The van der Waals surface area contributed by atoms with Gasteiger partial charge in [-0.3, -0.25) is 4.98 Å². The maximum absolute atomic E-state index is 12.9. The second-order valence-corrected chi connectivity index (χ2v) is 7.81. The number of nitrogens with one attached hydrogen (secondary N) is 1. The van der Waals surface area contributed by atoms with E-state index >= 15 is 0 Å². The predicted molar refractivity (Wildman–Crippen MR) is 103 cm³/mol. The van der Waals surface area contributed by atoms with E-state index in [9.17, 15) is 13.2 Å². The number of nitrogens with two attached hydrogens (primary N) is 1. The predicted octanol–water partition coefficient (Wildman–Crippen LogP) is 3.25. The number of aromatic nitrogens is 1. The molecule has 2 aromatic rings. The van der Waals surface area contributed by atoms with Crippen molar-refractivity contribution in [2.24, 2.45) is 5.73 Å². The Morgan fingerprint density at radius 3 is 2.75 bits per heavy atom. The van der Waals surface area contributed by atoms with Crippen molar-refractivity contribution in [3.8, 4) is 11.3 Å². The number of nitrogens with zero attached hydrogens (tertiary/aromatic N) is 2. The number of pyridine rings is 1. The van der Waals surface area contributed by atoms with Gasteiger partial charge in [0.05, 0.1) is 11.3 Å². The van der Waals surface area contributed by atoms with Crippen molar-refractivity contribution in [3.63, 3.8) is 0 Å². The Bertz CT molecular complexity index is 806. The van der Waals surface area contributed by atoms with Gasteiger partial charge in [-0.15, -0.1) is 0 Å². The summed E-state index contributed by atoms with van der Waals surface area (Å²) in [6, 6.07) is 9.86. The molecule has 3 N–H and O–H groups in total. The maximum Gasteiger partial charge on any atom is 0.416 e. The van der Waals surface area contributed by atoms with E-state index in [0.29, 0.717) is 29.3 Å². The average molecular weight is 390 g/mol. The Morgan fingerprint density at radius 2 is 2.07 bits per heavy atom. The minimum atomic E-state index is -4.34. The van der Waals surface area contributed by atoms with E-state index in [1.54, 1.807) is 12.3 Å². The molecule has 1 aromatic heterocycles. The Kier molecular flexibility index (Phi) is 5.40. The molecule has 4 nitrogen and oxygen atoms in total. The SMILES string of the molecule is N[C@@H]1CCN(CCNC2CC2c2ccc(-c3cccc(C(F)(F)F)c3)nc2)C1. The minimum absolute atomic E-state index is 0.315. The molecule has 3 atom stereocenters. The molecule has 2 unspecified atom stereocenters. The summed E-state index contributed by atoms with van der Waals surface area (Å²) in [6.45, 7) is 4.03. The molecular formula is C21H25F3N4. The molecule has 7 heteroatoms. The summed E-state index contributed by atoms with van der Waals surface area (Å²) in [6.07, 6.45) is -0.398. The highest BCUT2D eigenvalue weighted by Gasteiger charge is 2.38. The van der Waals surface area contributed by atoms with Crippen LogP contribution in [0.1, 0.15) is 29.9 Å². The minimum Gasteiger partial charge on any atom is -0.326 e. The topological polar surface area (TPSA) is 54.2 Å². The molecule has 1 saturated heterocycles. The van der Waals surface area contributed by atoms with Gasteiger partial charge in [0.15, 0.2) is 0 Å². The lowest BCUT2D eigenvalue weighted by Gasteiger charge is -2.15. The summed E-state index contributed by atoms with van der Waals surface area (Å²) >= 11 is 0. The van der Waals surface area contributed by atoms with Crippen molar-refractivity contribution in [3.05, 3.63) is 53.7 Å². The van der Waals surface area contributed by atoms with E-state index in [0.717, 1.165) is 56.7 Å². The first-order valence-corrected chi connectivity index (χ1v) is 9.75. The van der Waals surface area contributed by atoms with Crippen LogP contribution in [0.5, 0.6) is 0 Å². The third kappa shape index (κ3) is 4.54. The van der Waals surface area contributed by atoms with Gasteiger partial charge in [0.25, 0.3) is 0 Å². The second-order valence-electron chi connectivity index (χ2n) is 7.81. The number of halogens is 3. The summed E-state index contributed by atoms with van der Waals surface area (Å²) < 4.78 is 38.7. The quantitative estimate of drug-likeness (QED) is 0.795. The zero-order valence-electron chi connectivity index (χ0n) is 15.6. The van der Waals surface area contributed by atoms with Gasteiger partial charge in [-0.05, 0) is 43.1 Å². The number of alkyl halides is 3. The first-order valence-electron chi connectivity index (χ1n) is 9.75. The summed E-state index contributed by atoms with van der Waals surface area (Å²) in [5.74, 6) is 0.434. The largest absolute Gasteiger partial charge is 0.416 e. The van der Waals surface area contributed by atoms with Crippen LogP contribution in [-0.4, -0.2) is 48.1 Å². The van der Waals surface area contributed by atoms with Crippen LogP contribution in [0.15, 0.2) is 42.6 Å². The molecule has 4 rings (SSSR count). The van der Waals surface area contributed by atoms with Crippen molar-refractivity contribution in [1.82, 2.24) is 15.2 Å². The Hall–Kier alpha value is -1.96. The van der Waals surface area contributed by atoms with Crippen molar-refractivity contribution >= 4 is 0 Å². The van der Waals surface area contributed by atoms with Crippen LogP contribution in [0.4, 0.5) is 13.2 Å². The Morgan fingerprint density at radius 1 is 1.21 bits per heavy atom. The fraction of sp³-hybridized carbons (Fsp3) is 0.476. The number of likely N-dealkylation sites (tertiary alicyclic amines) is 1. The van der Waals surface area contributed by atoms with Gasteiger partial charge in [-0.1, -0.05) is 18.2 Å². The summed E-state index contributed by atoms with van der Waals surface area (Å²) in [5, 5.41) is 3.58. The lowest BCUT2D eigenvalue weighted by molar-refractivity contribution is -0.137. The second kappa shape index (κ2) is 7.81. The van der Waals surface area contributed by atoms with Gasteiger partial charge in [0.2, 0.25) is 0 Å². The highest BCUT2D eigenvalue weighted by molar-refractivity contribution is 5.60. The van der Waals surface area contributed by atoms with E-state index in [1.807, 2.05) is 12.1 Å². The first-order chi connectivity index (χ1) is 13.4. The van der Waals surface area contributed by atoms with Gasteiger partial charge in [0, 0.05) is 49.4 Å². The number of hydrogen-bond acceptors (Lipinski definition) is 4. The first kappa shape index (κ1) is 19.4. The fourth-order valence-electron chi connectivity index (χ4n) is 3.91. The van der Waals surface area contributed by atoms with Crippen molar-refractivity contribution in [2.75, 3.05) is 26.2 Å². The third-order valence-corrected chi connectivity index (χ3v) is 5.63. The normalized spacial score (nSPS) is 25.2. The Labute approximate surface area is 162 Å². The van der Waals surface area contributed by atoms with Crippen LogP contribution in [0, 0.1) is 0 Å². The average Bonchev–Trinajstić information content (AvgIpc) is 3.33. The van der Waals surface area contributed by atoms with Crippen LogP contribution in [0.2, 0.25) is 0 Å². The highest BCUT2D eigenvalue weighted by Crippen LogP contribution is 2.41. The molecule has 2 heterocycles. The molecule has 1 aromatic carbocycles. The zero-order valence-corrected chi connectivity index (χ0v) is 15.6. The van der Waals surface area contributed by atoms with E-state index in [1.165, 1.54) is 6.07 Å². The van der Waals surface area contributed by atoms with Gasteiger partial charge in [0.1, 0.15) is 0 Å². The number of benzene rings is 1. The van der Waals surface area contributed by atoms with Crippen LogP contribution in [0.25, 0.3) is 11.3 Å². The smallest absolute Gasteiger partial charge is 0.326 e. The Balaban J connectivity index is 1.31. The van der Waals surface area contributed by atoms with E-state index in [2.05, 4.69) is 15.2 Å². The monoisotopic (exact) mass is 390 g/mol. The molecule has 0 spiro atoms. The van der Waals surface area contributed by atoms with E-state index in [4.69, 9.17) is 5.73 Å². The molecule has 1 saturated carbocycles. The molecular weight excluding hydrogens is 365 g/mol. The van der Waals surface area contributed by atoms with Crippen LogP contribution in [0.3, 0.4) is 0 Å². The molecule has 28 heavy (non-hydrogen) atoms. The van der Waals surface area contributed by atoms with Gasteiger partial charge in [-0.25, -0.2) is 0 Å². The van der Waals surface area contributed by atoms with E-state index in [-0.39, 0.29) is 0 Å². The fourth-order valence-corrected chi connectivity index (χ4v) is 3.91. The van der Waals surface area contributed by atoms with Crippen molar-refractivity contribution in [2.45, 2.75) is 37.0 Å². The third-order valence-electron chi connectivity index (χ3n) is 5.63. The molecule has 2 fully saturated rings. The molecule has 0 amide bonds. The van der Waals surface area contributed by atoms with Gasteiger partial charge < -0.3 is 16.0 Å². The molecule has 0 bridgehead atoms. The van der Waals surface area contributed by atoms with Gasteiger partial charge in [-0.2, -0.15) is 13.2 Å². The molecule has 2 aliphatic rings. The zero-order chi connectivity index (χ0) is 19.7. The summed E-state index contributed by atoms with van der Waals surface area (Å²) in [4.78, 5) is 6.79.